The highest BCUT2D eigenvalue weighted by atomic mass is 15.4. The van der Waals surface area contributed by atoms with Gasteiger partial charge in [0.05, 0.1) is 6.54 Å². The Morgan fingerprint density at radius 2 is 1.78 bits per heavy atom. The molecule has 36 heavy (non-hydrogen) atoms. The number of hydrogen-bond donors (Lipinski definition) is 4. The summed E-state index contributed by atoms with van der Waals surface area (Å²) in [7, 11) is 2.21. The van der Waals surface area contributed by atoms with E-state index in [-0.39, 0.29) is 0 Å². The first-order valence-corrected chi connectivity index (χ1v) is 14.1. The minimum atomic E-state index is 0.439. The Hall–Kier alpha value is -2.35. The Bertz CT molecular complexity index is 865. The van der Waals surface area contributed by atoms with Gasteiger partial charge in [-0.05, 0) is 62.9 Å². The molecule has 1 aromatic rings. The van der Waals surface area contributed by atoms with E-state index in [2.05, 4.69) is 87.7 Å². The molecule has 1 atom stereocenters. The van der Waals surface area contributed by atoms with Crippen molar-refractivity contribution >= 4 is 5.84 Å². The van der Waals surface area contributed by atoms with Crippen LogP contribution >= 0.6 is 0 Å². The van der Waals surface area contributed by atoms with Gasteiger partial charge in [0.2, 0.25) is 0 Å². The van der Waals surface area contributed by atoms with Crippen LogP contribution in [-0.4, -0.2) is 68.0 Å². The van der Waals surface area contributed by atoms with Crippen LogP contribution in [0.25, 0.3) is 0 Å². The molecule has 1 unspecified atom stereocenters. The summed E-state index contributed by atoms with van der Waals surface area (Å²) in [6, 6.07) is 11.2. The number of nitrogens with one attached hydrogen (secondary N) is 4. The number of rotatable bonds is 10. The van der Waals surface area contributed by atoms with E-state index in [4.69, 9.17) is 4.99 Å². The lowest BCUT2D eigenvalue weighted by molar-refractivity contribution is 0.174. The van der Waals surface area contributed by atoms with E-state index < -0.39 is 0 Å². The molecule has 0 amide bonds. The van der Waals surface area contributed by atoms with Crippen LogP contribution in [0, 0.1) is 5.92 Å². The second-order valence-electron chi connectivity index (χ2n) is 10.6. The van der Waals surface area contributed by atoms with Crippen LogP contribution in [0.5, 0.6) is 0 Å². The molecule has 7 heteroatoms. The minimum Gasteiger partial charge on any atom is -0.372 e. The summed E-state index contributed by atoms with van der Waals surface area (Å²) < 4.78 is 0. The normalized spacial score (nSPS) is 26.3. The Morgan fingerprint density at radius 3 is 2.56 bits per heavy atom. The van der Waals surface area contributed by atoms with Crippen molar-refractivity contribution in [1.29, 1.82) is 0 Å². The molecule has 2 heterocycles. The molecule has 3 aliphatic rings. The van der Waals surface area contributed by atoms with Gasteiger partial charge in [-0.25, -0.2) is 5.43 Å². The lowest BCUT2D eigenvalue weighted by atomic mass is 9.95. The maximum Gasteiger partial charge on any atom is 0.128 e. The number of likely N-dealkylation sites (N-methyl/N-ethyl adjacent to an activating group) is 1. The first-order chi connectivity index (χ1) is 17.7. The highest BCUT2D eigenvalue weighted by molar-refractivity contribution is 5.94. The molecule has 4 rings (SSSR count). The van der Waals surface area contributed by atoms with Crippen LogP contribution in [0.3, 0.4) is 0 Å². The second-order valence-corrected chi connectivity index (χ2v) is 10.6. The van der Waals surface area contributed by atoms with Gasteiger partial charge in [0, 0.05) is 44.5 Å². The van der Waals surface area contributed by atoms with Crippen molar-refractivity contribution in [3.63, 3.8) is 0 Å². The van der Waals surface area contributed by atoms with Gasteiger partial charge in [-0.1, -0.05) is 56.5 Å². The predicted octanol–water partition coefficient (Wildman–Crippen LogP) is 3.59. The number of aliphatic imine (C=N–C) groups is 1. The lowest BCUT2D eigenvalue weighted by Gasteiger charge is -2.38. The quantitative estimate of drug-likeness (QED) is 0.295. The molecule has 0 radical (unpaired) electrons. The van der Waals surface area contributed by atoms with E-state index in [1.54, 1.807) is 0 Å². The van der Waals surface area contributed by atoms with Crippen LogP contribution in [0.15, 0.2) is 59.0 Å². The van der Waals surface area contributed by atoms with E-state index >= 15 is 0 Å². The largest absolute Gasteiger partial charge is 0.372 e. The topological polar surface area (TPSA) is 67.0 Å². The zero-order valence-corrected chi connectivity index (χ0v) is 22.4. The van der Waals surface area contributed by atoms with Crippen LogP contribution in [0.4, 0.5) is 0 Å². The molecule has 1 aromatic carbocycles. The molecule has 0 bridgehead atoms. The second kappa shape index (κ2) is 14.4. The molecular weight excluding hydrogens is 446 g/mol. The molecule has 4 N–H and O–H groups in total. The van der Waals surface area contributed by atoms with Crippen molar-refractivity contribution < 1.29 is 0 Å². The van der Waals surface area contributed by atoms with Crippen molar-refractivity contribution in [3.05, 3.63) is 59.6 Å². The summed E-state index contributed by atoms with van der Waals surface area (Å²) in [5.41, 5.74) is 9.45. The van der Waals surface area contributed by atoms with Crippen molar-refractivity contribution in [1.82, 2.24) is 31.3 Å². The number of hydrazine groups is 1. The molecule has 0 aromatic heterocycles. The number of hydrogen-bond acceptors (Lipinski definition) is 6. The average Bonchev–Trinajstić information content (AvgIpc) is 2.91. The molecule has 7 nitrogen and oxygen atoms in total. The van der Waals surface area contributed by atoms with Crippen molar-refractivity contribution in [2.45, 2.75) is 64.5 Å². The third kappa shape index (κ3) is 8.64. The van der Waals surface area contributed by atoms with Gasteiger partial charge in [0.1, 0.15) is 11.7 Å². The molecule has 2 fully saturated rings. The van der Waals surface area contributed by atoms with E-state index in [0.717, 1.165) is 69.8 Å². The minimum absolute atomic E-state index is 0.439. The third-order valence-corrected chi connectivity index (χ3v) is 7.61. The zero-order chi connectivity index (χ0) is 25.0. The molecule has 1 saturated heterocycles. The van der Waals surface area contributed by atoms with Crippen LogP contribution < -0.4 is 21.5 Å². The van der Waals surface area contributed by atoms with Crippen LogP contribution in [0.2, 0.25) is 0 Å². The van der Waals surface area contributed by atoms with Gasteiger partial charge in [-0.3, -0.25) is 4.99 Å². The summed E-state index contributed by atoms with van der Waals surface area (Å²) in [5, 5.41) is 7.31. The summed E-state index contributed by atoms with van der Waals surface area (Å²) in [6.45, 7) is 9.36. The highest BCUT2D eigenvalue weighted by Gasteiger charge is 2.22. The molecule has 198 valence electrons. The van der Waals surface area contributed by atoms with Gasteiger partial charge in [-0.15, -0.1) is 0 Å². The standard InChI is InChI=1S/C29H47N7/c1-24-14-15-28(34-32-17-9-16-30-26-12-7-4-8-13-26)33-29(31-23-25-10-5-3-6-11-25)22-27(24)36-20-18-35(2)19-21-36/h3,5-6,10-11,15,22,24,26,30,32,34H,4,7-9,12-14,16-21,23H2,1-2H3,(H,31,33)/b27-22+,28-15-. The zero-order valence-electron chi connectivity index (χ0n) is 22.4. The Kier molecular flexibility index (Phi) is 10.7. The van der Waals surface area contributed by atoms with E-state index in [1.165, 1.54) is 43.4 Å². The highest BCUT2D eigenvalue weighted by Crippen LogP contribution is 2.23. The number of nitrogens with zero attached hydrogens (tertiary/aromatic N) is 3. The van der Waals surface area contributed by atoms with Gasteiger partial charge >= 0.3 is 0 Å². The number of allylic oxidation sites excluding steroid dienone is 2. The fourth-order valence-electron chi connectivity index (χ4n) is 5.27. The fraction of sp³-hybridized carbons (Fsp3) is 0.621. The first-order valence-electron chi connectivity index (χ1n) is 14.1. The van der Waals surface area contributed by atoms with Gasteiger partial charge < -0.3 is 25.9 Å². The van der Waals surface area contributed by atoms with Gasteiger partial charge in [-0.2, -0.15) is 0 Å². The van der Waals surface area contributed by atoms with Crippen molar-refractivity contribution in [2.75, 3.05) is 46.3 Å². The number of benzene rings is 1. The molecule has 1 aliphatic carbocycles. The SMILES string of the molecule is CC1C/C=C(\NNCCCNC2CCCCC2)NC(=NCc2ccccc2)/C=C\1N1CCN(C)CC1. The number of piperazine rings is 1. The van der Waals surface area contributed by atoms with Crippen LogP contribution in [0.1, 0.15) is 57.4 Å². The smallest absolute Gasteiger partial charge is 0.128 e. The van der Waals surface area contributed by atoms with Crippen LogP contribution in [-0.2, 0) is 6.54 Å². The maximum absolute atomic E-state index is 4.98. The van der Waals surface area contributed by atoms with E-state index in [1.807, 2.05) is 0 Å². The Balaban J connectivity index is 1.34. The van der Waals surface area contributed by atoms with E-state index in [9.17, 15) is 0 Å². The average molecular weight is 494 g/mol. The summed E-state index contributed by atoms with van der Waals surface area (Å²) in [5.74, 6) is 2.34. The third-order valence-electron chi connectivity index (χ3n) is 7.61. The maximum atomic E-state index is 4.98. The van der Waals surface area contributed by atoms with Gasteiger partial charge in [0.25, 0.3) is 0 Å². The van der Waals surface area contributed by atoms with E-state index in [0.29, 0.717) is 12.5 Å². The Morgan fingerprint density at radius 1 is 1.00 bits per heavy atom. The fourth-order valence-corrected chi connectivity index (χ4v) is 5.27. The Labute approximate surface area is 218 Å². The molecule has 1 saturated carbocycles. The monoisotopic (exact) mass is 493 g/mol. The summed E-state index contributed by atoms with van der Waals surface area (Å²) >= 11 is 0. The first kappa shape index (κ1) is 26.7. The molecular formula is C29H47N7. The summed E-state index contributed by atoms with van der Waals surface area (Å²) in [6.07, 6.45) is 13.5. The number of amidine groups is 1. The predicted molar refractivity (Wildman–Crippen MR) is 150 cm³/mol. The van der Waals surface area contributed by atoms with Crippen molar-refractivity contribution in [3.8, 4) is 0 Å². The molecule has 0 spiro atoms. The van der Waals surface area contributed by atoms with Crippen molar-refractivity contribution in [2.24, 2.45) is 10.9 Å². The van der Waals surface area contributed by atoms with Gasteiger partial charge in [0.15, 0.2) is 0 Å². The lowest BCUT2D eigenvalue weighted by Crippen LogP contribution is -2.46. The molecule has 2 aliphatic heterocycles. The summed E-state index contributed by atoms with van der Waals surface area (Å²) in [4.78, 5) is 9.94.